The van der Waals surface area contributed by atoms with Crippen molar-refractivity contribution in [1.82, 2.24) is 49.7 Å². The van der Waals surface area contributed by atoms with Gasteiger partial charge in [0.1, 0.15) is 22.9 Å². The van der Waals surface area contributed by atoms with Crippen LogP contribution in [0.4, 0.5) is 11.6 Å². The van der Waals surface area contributed by atoms with Crippen molar-refractivity contribution in [3.63, 3.8) is 0 Å². The molecule has 372 valence electrons. The largest absolute Gasteiger partial charge is 0.496 e. The Bertz CT molecular complexity index is 3760. The van der Waals surface area contributed by atoms with Gasteiger partial charge in [0.25, 0.3) is 0 Å². The third-order valence-electron chi connectivity index (χ3n) is 14.8. The number of H-pyrrole nitrogens is 2. The number of nitrogens with zero attached hydrogens (tertiary/aromatic N) is 10. The molecule has 1 atom stereocenters. The van der Waals surface area contributed by atoms with Gasteiger partial charge < -0.3 is 42.8 Å². The number of anilines is 2. The Kier molecular flexibility index (Phi) is 11.5. The van der Waals surface area contributed by atoms with E-state index in [1.807, 2.05) is 54.7 Å². The standard InChI is InChI=1S/C53H52N12O6S2/c1-67-40-5-4-39-35(7-8-54-39)42(40)49-59-45-38-25-32(29-63-15-22-73(66)23-16-63)27-57-53(38)71-47(45)51(61-49)65-12-19-69-41(30-65)36-3-2-34(33-6-9-55-43(33)36)48-58-44-37-24-31(28-62-13-20-72-21-14-62)26-56-52(37)70-46(44)50(60-48)64-10-17-68-18-11-64/h2-9,24-27,41,54-55H,10-23,28-30H2,1H3. The lowest BCUT2D eigenvalue weighted by atomic mass is 10.00. The van der Waals surface area contributed by atoms with Gasteiger partial charge in [-0.25, -0.2) is 29.9 Å². The van der Waals surface area contributed by atoms with Crippen molar-refractivity contribution in [2.45, 2.75) is 19.2 Å². The Morgan fingerprint density at radius 2 is 1.36 bits per heavy atom. The summed E-state index contributed by atoms with van der Waals surface area (Å²) >= 11 is 2.01. The molecule has 14 rings (SSSR count). The van der Waals surface area contributed by atoms with E-state index in [4.69, 9.17) is 52.9 Å². The van der Waals surface area contributed by atoms with Crippen LogP contribution in [0.25, 0.3) is 89.0 Å². The Hall–Kier alpha value is -6.68. The molecule has 1 unspecified atom stereocenters. The molecule has 4 saturated heterocycles. The fourth-order valence-corrected chi connectivity index (χ4v) is 13.1. The Labute approximate surface area is 425 Å². The van der Waals surface area contributed by atoms with Crippen LogP contribution in [-0.4, -0.2) is 156 Å². The van der Waals surface area contributed by atoms with Crippen LogP contribution in [0.3, 0.4) is 0 Å². The minimum atomic E-state index is -0.762. The molecule has 0 aliphatic carbocycles. The molecule has 12 heterocycles. The summed E-state index contributed by atoms with van der Waals surface area (Å²) in [4.78, 5) is 47.2. The Morgan fingerprint density at radius 1 is 0.699 bits per heavy atom. The van der Waals surface area contributed by atoms with Crippen molar-refractivity contribution >= 4 is 100 Å². The molecule has 4 aliphatic heterocycles. The van der Waals surface area contributed by atoms with Gasteiger partial charge in [0.15, 0.2) is 34.5 Å². The summed E-state index contributed by atoms with van der Waals surface area (Å²) in [5.41, 5.74) is 10.4. The van der Waals surface area contributed by atoms with Crippen LogP contribution in [0.15, 0.2) is 82.2 Å². The molecule has 0 saturated carbocycles. The number of furan rings is 2. The number of methoxy groups -OCH3 is 1. The van der Waals surface area contributed by atoms with Crippen LogP contribution in [0.5, 0.6) is 5.75 Å². The lowest BCUT2D eigenvalue weighted by molar-refractivity contribution is 0.0404. The zero-order valence-electron chi connectivity index (χ0n) is 40.3. The number of benzene rings is 2. The first-order valence-corrected chi connectivity index (χ1v) is 27.6. The van der Waals surface area contributed by atoms with Gasteiger partial charge in [-0.3, -0.25) is 14.0 Å². The topological polar surface area (TPSA) is 193 Å². The highest BCUT2D eigenvalue weighted by Gasteiger charge is 2.32. The van der Waals surface area contributed by atoms with Gasteiger partial charge in [-0.15, -0.1) is 0 Å². The monoisotopic (exact) mass is 1020 g/mol. The van der Waals surface area contributed by atoms with Gasteiger partial charge in [0.05, 0.1) is 55.3 Å². The van der Waals surface area contributed by atoms with E-state index in [1.165, 1.54) is 0 Å². The summed E-state index contributed by atoms with van der Waals surface area (Å²) in [5, 5.41) is 3.62. The molecular weight excluding hydrogens is 965 g/mol. The third-order valence-corrected chi connectivity index (χ3v) is 17.0. The van der Waals surface area contributed by atoms with Gasteiger partial charge in [0, 0.05) is 145 Å². The van der Waals surface area contributed by atoms with Crippen LogP contribution in [0, 0.1) is 0 Å². The van der Waals surface area contributed by atoms with E-state index >= 15 is 0 Å². The first kappa shape index (κ1) is 45.0. The fourth-order valence-electron chi connectivity index (χ4n) is 11.0. The summed E-state index contributed by atoms with van der Waals surface area (Å²) in [5.74, 6) is 6.82. The molecule has 0 amide bonds. The van der Waals surface area contributed by atoms with Crippen molar-refractivity contribution in [3.8, 4) is 28.5 Å². The summed E-state index contributed by atoms with van der Waals surface area (Å²) in [6.07, 6.45) is 7.35. The number of hydrogen-bond acceptors (Lipinski definition) is 17. The van der Waals surface area contributed by atoms with Crippen molar-refractivity contribution in [1.29, 1.82) is 0 Å². The average molecular weight is 1020 g/mol. The lowest BCUT2D eigenvalue weighted by Crippen LogP contribution is -2.39. The number of hydrogen-bond donors (Lipinski definition) is 2. The number of aromatic amines is 2. The Morgan fingerprint density at radius 3 is 2.10 bits per heavy atom. The second-order valence-electron chi connectivity index (χ2n) is 19.2. The van der Waals surface area contributed by atoms with Crippen molar-refractivity contribution in [2.24, 2.45) is 0 Å². The maximum atomic E-state index is 12.2. The maximum Gasteiger partial charge on any atom is 0.229 e. The van der Waals surface area contributed by atoms with Crippen molar-refractivity contribution < 1.29 is 27.3 Å². The SMILES string of the molecule is COc1ccc2[nH]ccc2c1-c1nc(N2CCOC(c3ccc(-c4nc(N5CCOCC5)c5oc6ncc(CN7CCSCC7)cc6c5n4)c4cc[nH]c34)C2)c2oc3ncc(CN4CCS(=O)CC4)cc3c2n1. The fraction of sp³-hybridized carbons (Fsp3) is 0.358. The van der Waals surface area contributed by atoms with Crippen molar-refractivity contribution in [3.05, 3.63) is 90.0 Å². The zero-order chi connectivity index (χ0) is 48.6. The number of pyridine rings is 2. The summed E-state index contributed by atoms with van der Waals surface area (Å²) < 4.78 is 43.8. The smallest absolute Gasteiger partial charge is 0.229 e. The molecule has 18 nitrogen and oxygen atoms in total. The summed E-state index contributed by atoms with van der Waals surface area (Å²) in [6.45, 7) is 9.28. The van der Waals surface area contributed by atoms with E-state index in [9.17, 15) is 4.21 Å². The number of nitrogens with one attached hydrogen (secondary N) is 2. The first-order valence-electron chi connectivity index (χ1n) is 25.0. The molecular formula is C53H52N12O6S2. The Balaban J connectivity index is 0.848. The van der Waals surface area contributed by atoms with Crippen LogP contribution < -0.4 is 14.5 Å². The molecule has 0 bridgehead atoms. The van der Waals surface area contributed by atoms with Gasteiger partial charge in [-0.1, -0.05) is 12.1 Å². The highest BCUT2D eigenvalue weighted by molar-refractivity contribution is 7.99. The normalized spacial score (nSPS) is 18.9. The molecule has 2 N–H and O–H groups in total. The van der Waals surface area contributed by atoms with Gasteiger partial charge in [-0.05, 0) is 47.5 Å². The summed E-state index contributed by atoms with van der Waals surface area (Å²) in [7, 11) is 0.910. The van der Waals surface area contributed by atoms with Crippen molar-refractivity contribution in [2.75, 3.05) is 112 Å². The number of morpholine rings is 2. The second kappa shape index (κ2) is 18.7. The number of aromatic nitrogens is 8. The van der Waals surface area contributed by atoms with E-state index in [0.29, 0.717) is 115 Å². The number of thioether (sulfide) groups is 1. The summed E-state index contributed by atoms with van der Waals surface area (Å²) in [6, 6.07) is 16.7. The highest BCUT2D eigenvalue weighted by Crippen LogP contribution is 2.43. The molecule has 4 aliphatic rings. The van der Waals surface area contributed by atoms with Crippen LogP contribution in [0.2, 0.25) is 0 Å². The predicted molar refractivity (Wildman–Crippen MR) is 285 cm³/mol. The van der Waals surface area contributed by atoms with Crippen LogP contribution in [-0.2, 0) is 33.4 Å². The van der Waals surface area contributed by atoms with Crippen LogP contribution in [0.1, 0.15) is 22.8 Å². The molecule has 8 aromatic heterocycles. The molecule has 4 fully saturated rings. The molecule has 10 aromatic rings. The van der Waals surface area contributed by atoms with E-state index in [1.54, 1.807) is 7.11 Å². The maximum absolute atomic E-state index is 12.2. The quantitative estimate of drug-likeness (QED) is 0.135. The molecule has 0 spiro atoms. The van der Waals surface area contributed by atoms with E-state index in [2.05, 4.69) is 59.9 Å². The number of ether oxygens (including phenoxy) is 3. The number of rotatable bonds is 10. The van der Waals surface area contributed by atoms with Gasteiger partial charge >= 0.3 is 0 Å². The molecule has 0 radical (unpaired) electrons. The second-order valence-corrected chi connectivity index (χ2v) is 22.1. The third kappa shape index (κ3) is 8.14. The van der Waals surface area contributed by atoms with Gasteiger partial charge in [-0.2, -0.15) is 11.8 Å². The minimum absolute atomic E-state index is 0.346. The predicted octanol–water partition coefficient (Wildman–Crippen LogP) is 7.69. The molecule has 73 heavy (non-hydrogen) atoms. The lowest BCUT2D eigenvalue weighted by Gasteiger charge is -2.34. The average Bonchev–Trinajstić information content (AvgIpc) is 4.27. The molecule has 2 aromatic carbocycles. The minimum Gasteiger partial charge on any atom is -0.496 e. The van der Waals surface area contributed by atoms with E-state index in [-0.39, 0.29) is 6.10 Å². The van der Waals surface area contributed by atoms with E-state index in [0.717, 1.165) is 116 Å². The first-order chi connectivity index (χ1) is 36.0. The van der Waals surface area contributed by atoms with Gasteiger partial charge in [0.2, 0.25) is 11.4 Å². The number of fused-ring (bicyclic) bond motifs is 8. The highest BCUT2D eigenvalue weighted by atomic mass is 32.2. The van der Waals surface area contributed by atoms with E-state index < -0.39 is 10.8 Å². The van der Waals surface area contributed by atoms with Crippen LogP contribution >= 0.6 is 11.8 Å². The zero-order valence-corrected chi connectivity index (χ0v) is 41.9. The molecule has 20 heteroatoms.